The highest BCUT2D eigenvalue weighted by Crippen LogP contribution is 2.10. The molecular formula is C15H21NO2. The van der Waals surface area contributed by atoms with E-state index in [9.17, 15) is 9.59 Å². The molecule has 0 aliphatic carbocycles. The molecule has 0 aliphatic rings. The zero-order chi connectivity index (χ0) is 13.4. The Morgan fingerprint density at radius 3 is 2.50 bits per heavy atom. The second kappa shape index (κ2) is 7.64. The molecule has 0 unspecified atom stereocenters. The van der Waals surface area contributed by atoms with Crippen molar-refractivity contribution in [2.24, 2.45) is 0 Å². The first-order chi connectivity index (χ1) is 8.63. The lowest BCUT2D eigenvalue weighted by Gasteiger charge is -2.10. The minimum Gasteiger partial charge on any atom is -0.349 e. The Morgan fingerprint density at radius 1 is 1.22 bits per heavy atom. The molecular weight excluding hydrogens is 226 g/mol. The first kappa shape index (κ1) is 14.4. The van der Waals surface area contributed by atoms with Crippen molar-refractivity contribution in [3.63, 3.8) is 0 Å². The minimum absolute atomic E-state index is 0.173. The summed E-state index contributed by atoms with van der Waals surface area (Å²) in [6.45, 7) is 0. The smallest absolute Gasteiger partial charge is 0.222 e. The molecule has 0 spiro atoms. The van der Waals surface area contributed by atoms with Gasteiger partial charge in [0.15, 0.2) is 0 Å². The third kappa shape index (κ3) is 5.13. The molecule has 0 aromatic heterocycles. The predicted molar refractivity (Wildman–Crippen MR) is 72.5 cm³/mol. The van der Waals surface area contributed by atoms with Crippen LogP contribution < -0.4 is 0 Å². The quantitative estimate of drug-likeness (QED) is 0.693. The summed E-state index contributed by atoms with van der Waals surface area (Å²) in [4.78, 5) is 23.4. The fourth-order valence-electron chi connectivity index (χ4n) is 1.83. The van der Waals surface area contributed by atoms with E-state index < -0.39 is 0 Å². The second-order valence-corrected chi connectivity index (χ2v) is 4.67. The molecule has 0 atom stereocenters. The van der Waals surface area contributed by atoms with Crippen LogP contribution in [0.2, 0.25) is 0 Å². The van der Waals surface area contributed by atoms with Gasteiger partial charge in [0.05, 0.1) is 0 Å². The first-order valence-corrected chi connectivity index (χ1v) is 6.35. The zero-order valence-corrected chi connectivity index (χ0v) is 11.2. The van der Waals surface area contributed by atoms with E-state index in [0.717, 1.165) is 25.5 Å². The standard InChI is InChI=1S/C15H21NO2/c1-16(2)15(18)10-4-8-13-6-3-7-14(12-13)9-5-11-17/h3,6-7,11-12H,4-5,8-10H2,1-2H3. The Balaban J connectivity index is 2.42. The van der Waals surface area contributed by atoms with Crippen LogP contribution >= 0.6 is 0 Å². The summed E-state index contributed by atoms with van der Waals surface area (Å²) in [6.07, 6.45) is 4.69. The molecule has 0 radical (unpaired) electrons. The number of rotatable bonds is 7. The second-order valence-electron chi connectivity index (χ2n) is 4.67. The number of aryl methyl sites for hydroxylation is 2. The van der Waals surface area contributed by atoms with Crippen LogP contribution in [0.3, 0.4) is 0 Å². The van der Waals surface area contributed by atoms with Gasteiger partial charge in [-0.3, -0.25) is 4.79 Å². The van der Waals surface area contributed by atoms with Crippen LogP contribution in [0.15, 0.2) is 24.3 Å². The van der Waals surface area contributed by atoms with Crippen LogP contribution in [0, 0.1) is 0 Å². The molecule has 0 saturated heterocycles. The van der Waals surface area contributed by atoms with Crippen molar-refractivity contribution in [2.45, 2.75) is 32.1 Å². The topological polar surface area (TPSA) is 37.4 Å². The fraction of sp³-hybridized carbons (Fsp3) is 0.467. The Bertz CT molecular complexity index is 399. The highest BCUT2D eigenvalue weighted by Gasteiger charge is 2.03. The predicted octanol–water partition coefficient (Wildman–Crippen LogP) is 2.23. The monoisotopic (exact) mass is 247 g/mol. The molecule has 1 aromatic carbocycles. The van der Waals surface area contributed by atoms with E-state index in [4.69, 9.17) is 0 Å². The van der Waals surface area contributed by atoms with E-state index in [1.165, 1.54) is 11.1 Å². The van der Waals surface area contributed by atoms with E-state index in [2.05, 4.69) is 12.1 Å². The zero-order valence-electron chi connectivity index (χ0n) is 11.2. The lowest BCUT2D eigenvalue weighted by Crippen LogP contribution is -2.21. The lowest BCUT2D eigenvalue weighted by atomic mass is 10.0. The first-order valence-electron chi connectivity index (χ1n) is 6.35. The summed E-state index contributed by atoms with van der Waals surface area (Å²) in [5, 5.41) is 0. The number of nitrogens with zero attached hydrogens (tertiary/aromatic N) is 1. The summed E-state index contributed by atoms with van der Waals surface area (Å²) in [6, 6.07) is 8.26. The molecule has 3 nitrogen and oxygen atoms in total. The van der Waals surface area contributed by atoms with Crippen molar-refractivity contribution in [1.29, 1.82) is 0 Å². The van der Waals surface area contributed by atoms with Gasteiger partial charge in [-0.15, -0.1) is 0 Å². The van der Waals surface area contributed by atoms with Gasteiger partial charge in [0.1, 0.15) is 6.29 Å². The molecule has 0 saturated carbocycles. The molecule has 1 amide bonds. The van der Waals surface area contributed by atoms with Gasteiger partial charge >= 0.3 is 0 Å². The molecule has 18 heavy (non-hydrogen) atoms. The largest absolute Gasteiger partial charge is 0.349 e. The number of carbonyl (C=O) groups excluding carboxylic acids is 2. The Kier molecular flexibility index (Phi) is 6.12. The summed E-state index contributed by atoms with van der Waals surface area (Å²) >= 11 is 0. The van der Waals surface area contributed by atoms with Crippen LogP contribution in [0.1, 0.15) is 30.4 Å². The summed E-state index contributed by atoms with van der Waals surface area (Å²) in [5.74, 6) is 0.173. The molecule has 1 aromatic rings. The minimum atomic E-state index is 0.173. The maximum Gasteiger partial charge on any atom is 0.222 e. The van der Waals surface area contributed by atoms with E-state index in [-0.39, 0.29) is 5.91 Å². The van der Waals surface area contributed by atoms with Crippen LogP contribution in [0.4, 0.5) is 0 Å². The third-order valence-electron chi connectivity index (χ3n) is 2.90. The lowest BCUT2D eigenvalue weighted by molar-refractivity contribution is -0.128. The van der Waals surface area contributed by atoms with Crippen molar-refractivity contribution in [3.05, 3.63) is 35.4 Å². The van der Waals surface area contributed by atoms with Gasteiger partial charge in [-0.25, -0.2) is 0 Å². The van der Waals surface area contributed by atoms with Crippen molar-refractivity contribution >= 4 is 12.2 Å². The molecule has 0 N–H and O–H groups in total. The number of amides is 1. The average molecular weight is 247 g/mol. The Morgan fingerprint density at radius 2 is 1.89 bits per heavy atom. The number of hydrogen-bond donors (Lipinski definition) is 0. The maximum atomic E-state index is 11.4. The van der Waals surface area contributed by atoms with Gasteiger partial charge in [-0.05, 0) is 30.4 Å². The molecule has 98 valence electrons. The molecule has 0 fully saturated rings. The van der Waals surface area contributed by atoms with E-state index in [0.29, 0.717) is 12.8 Å². The van der Waals surface area contributed by atoms with E-state index in [1.807, 2.05) is 12.1 Å². The third-order valence-corrected chi connectivity index (χ3v) is 2.90. The van der Waals surface area contributed by atoms with Gasteiger partial charge < -0.3 is 9.69 Å². The van der Waals surface area contributed by atoms with E-state index >= 15 is 0 Å². The summed E-state index contributed by atoms with van der Waals surface area (Å²) in [7, 11) is 3.56. The van der Waals surface area contributed by atoms with Gasteiger partial charge in [0.25, 0.3) is 0 Å². The SMILES string of the molecule is CN(C)C(=O)CCCc1cccc(CCC=O)c1. The maximum absolute atomic E-state index is 11.4. The molecule has 0 aliphatic heterocycles. The molecule has 3 heteroatoms. The summed E-state index contributed by atoms with van der Waals surface area (Å²) < 4.78 is 0. The molecule has 0 bridgehead atoms. The number of hydrogen-bond acceptors (Lipinski definition) is 2. The van der Waals surface area contributed by atoms with Crippen molar-refractivity contribution < 1.29 is 9.59 Å². The summed E-state index contributed by atoms with van der Waals surface area (Å²) in [5.41, 5.74) is 2.43. The van der Waals surface area contributed by atoms with Gasteiger partial charge in [-0.2, -0.15) is 0 Å². The van der Waals surface area contributed by atoms with Crippen LogP contribution in [0.25, 0.3) is 0 Å². The van der Waals surface area contributed by atoms with Crippen molar-refractivity contribution in [2.75, 3.05) is 14.1 Å². The number of aldehydes is 1. The van der Waals surface area contributed by atoms with Crippen LogP contribution in [-0.2, 0) is 22.4 Å². The van der Waals surface area contributed by atoms with Gasteiger partial charge in [-0.1, -0.05) is 24.3 Å². The molecule has 0 heterocycles. The number of carbonyl (C=O) groups is 2. The fourth-order valence-corrected chi connectivity index (χ4v) is 1.83. The Hall–Kier alpha value is -1.64. The van der Waals surface area contributed by atoms with Crippen LogP contribution in [-0.4, -0.2) is 31.2 Å². The van der Waals surface area contributed by atoms with Crippen molar-refractivity contribution in [3.8, 4) is 0 Å². The van der Waals surface area contributed by atoms with Crippen LogP contribution in [0.5, 0.6) is 0 Å². The average Bonchev–Trinajstić information content (AvgIpc) is 2.36. The highest BCUT2D eigenvalue weighted by molar-refractivity contribution is 5.75. The molecule has 1 rings (SSSR count). The van der Waals surface area contributed by atoms with Crippen molar-refractivity contribution in [1.82, 2.24) is 4.90 Å². The normalized spacial score (nSPS) is 10.1. The van der Waals surface area contributed by atoms with Gasteiger partial charge in [0, 0.05) is 26.9 Å². The highest BCUT2D eigenvalue weighted by atomic mass is 16.2. The van der Waals surface area contributed by atoms with E-state index in [1.54, 1.807) is 19.0 Å². The number of benzene rings is 1. The Labute approximate surface area is 109 Å². The van der Waals surface area contributed by atoms with Gasteiger partial charge in [0.2, 0.25) is 5.91 Å².